The Balaban J connectivity index is 2.98. The van der Waals surface area contributed by atoms with Crippen molar-refractivity contribution < 1.29 is 14.4 Å². The average molecular weight is 248 g/mol. The summed E-state index contributed by atoms with van der Waals surface area (Å²) in [5.41, 5.74) is 6.36. The molecule has 0 aliphatic rings. The fraction of sp³-hybridized carbons (Fsp3) is 0.308. The van der Waals surface area contributed by atoms with Crippen LogP contribution in [0.2, 0.25) is 0 Å². The molecule has 5 heteroatoms. The van der Waals surface area contributed by atoms with Crippen molar-refractivity contribution in [1.29, 1.82) is 0 Å². The quantitative estimate of drug-likeness (QED) is 0.689. The average Bonchev–Trinajstić information content (AvgIpc) is 2.39. The monoisotopic (exact) mass is 248 g/mol. The van der Waals surface area contributed by atoms with E-state index in [-0.39, 0.29) is 0 Å². The second-order valence-corrected chi connectivity index (χ2v) is 3.78. The van der Waals surface area contributed by atoms with Crippen molar-refractivity contribution in [3.05, 3.63) is 29.8 Å². The number of para-hydroxylation sites is 1. The van der Waals surface area contributed by atoms with Gasteiger partial charge in [-0.3, -0.25) is 4.79 Å². The zero-order valence-electron chi connectivity index (χ0n) is 10.0. The molecule has 0 atom stereocenters. The molecule has 0 fully saturated rings. The predicted molar refractivity (Wildman–Crippen MR) is 68.5 cm³/mol. The highest BCUT2D eigenvalue weighted by Gasteiger charge is 2.13. The first kappa shape index (κ1) is 13.9. The van der Waals surface area contributed by atoms with E-state index >= 15 is 0 Å². The van der Waals surface area contributed by atoms with Crippen LogP contribution in [-0.2, 0) is 9.59 Å². The fourth-order valence-electron chi connectivity index (χ4n) is 1.73. The van der Waals surface area contributed by atoms with Crippen LogP contribution < -0.4 is 10.6 Å². The number of hydrogen-bond acceptors (Lipinski definition) is 4. The maximum atomic E-state index is 11.3. The summed E-state index contributed by atoms with van der Waals surface area (Å²) in [5, 5.41) is 0. The lowest BCUT2D eigenvalue weighted by molar-refractivity contribution is -0.108. The van der Waals surface area contributed by atoms with Gasteiger partial charge < -0.3 is 20.2 Å². The highest BCUT2D eigenvalue weighted by molar-refractivity contribution is 5.98. The number of nitrogens with zero attached hydrogens (tertiary/aromatic N) is 1. The first-order valence-electron chi connectivity index (χ1n) is 5.71. The van der Waals surface area contributed by atoms with E-state index in [1.54, 1.807) is 24.3 Å². The van der Waals surface area contributed by atoms with Gasteiger partial charge >= 0.3 is 0 Å². The van der Waals surface area contributed by atoms with Crippen molar-refractivity contribution in [3.63, 3.8) is 0 Å². The van der Waals surface area contributed by atoms with Gasteiger partial charge in [-0.25, -0.2) is 0 Å². The van der Waals surface area contributed by atoms with E-state index in [0.717, 1.165) is 12.6 Å². The fourth-order valence-corrected chi connectivity index (χ4v) is 1.73. The van der Waals surface area contributed by atoms with E-state index in [1.165, 1.54) is 0 Å². The van der Waals surface area contributed by atoms with Crippen molar-refractivity contribution >= 4 is 24.2 Å². The van der Waals surface area contributed by atoms with Crippen LogP contribution >= 0.6 is 0 Å². The molecule has 0 aliphatic heterocycles. The van der Waals surface area contributed by atoms with E-state index in [4.69, 9.17) is 5.73 Å². The predicted octanol–water partition coefficient (Wildman–Crippen LogP) is 0.770. The smallest absolute Gasteiger partial charge is 0.250 e. The van der Waals surface area contributed by atoms with Gasteiger partial charge in [0, 0.05) is 31.6 Å². The SMILES string of the molecule is NC(=O)c1ccccc1N(CCC=O)CCC=O. The van der Waals surface area contributed by atoms with Crippen LogP contribution in [0.4, 0.5) is 5.69 Å². The van der Waals surface area contributed by atoms with Gasteiger partial charge in [0.05, 0.1) is 5.56 Å². The molecule has 0 aromatic heterocycles. The van der Waals surface area contributed by atoms with Gasteiger partial charge in [-0.15, -0.1) is 0 Å². The molecule has 0 unspecified atom stereocenters. The molecule has 0 saturated heterocycles. The van der Waals surface area contributed by atoms with Crippen LogP contribution in [0.5, 0.6) is 0 Å². The minimum absolute atomic E-state index is 0.339. The molecule has 96 valence electrons. The second kappa shape index (κ2) is 7.21. The summed E-state index contributed by atoms with van der Waals surface area (Å²) in [5.74, 6) is -0.521. The number of rotatable bonds is 8. The lowest BCUT2D eigenvalue weighted by atomic mass is 10.1. The van der Waals surface area contributed by atoms with Crippen molar-refractivity contribution in [2.45, 2.75) is 12.8 Å². The third-order valence-electron chi connectivity index (χ3n) is 2.54. The number of aldehydes is 2. The first-order valence-corrected chi connectivity index (χ1v) is 5.71. The molecule has 0 spiro atoms. The van der Waals surface area contributed by atoms with Crippen LogP contribution in [0.25, 0.3) is 0 Å². The summed E-state index contributed by atoms with van der Waals surface area (Å²) in [6.07, 6.45) is 2.29. The zero-order chi connectivity index (χ0) is 13.4. The maximum Gasteiger partial charge on any atom is 0.250 e. The van der Waals surface area contributed by atoms with Crippen molar-refractivity contribution in [2.24, 2.45) is 5.73 Å². The van der Waals surface area contributed by atoms with Gasteiger partial charge in [0.15, 0.2) is 0 Å². The number of anilines is 1. The summed E-state index contributed by atoms with van der Waals surface area (Å²) < 4.78 is 0. The lowest BCUT2D eigenvalue weighted by Crippen LogP contribution is -2.29. The highest BCUT2D eigenvalue weighted by atomic mass is 16.1. The Bertz CT molecular complexity index is 420. The Morgan fingerprint density at radius 3 is 2.17 bits per heavy atom. The lowest BCUT2D eigenvalue weighted by Gasteiger charge is -2.24. The van der Waals surface area contributed by atoms with Crippen molar-refractivity contribution in [1.82, 2.24) is 0 Å². The maximum absolute atomic E-state index is 11.3. The Morgan fingerprint density at radius 1 is 1.11 bits per heavy atom. The second-order valence-electron chi connectivity index (χ2n) is 3.78. The molecule has 0 bridgehead atoms. The summed E-state index contributed by atoms with van der Waals surface area (Å²) >= 11 is 0. The van der Waals surface area contributed by atoms with Crippen LogP contribution in [0.1, 0.15) is 23.2 Å². The van der Waals surface area contributed by atoms with Crippen LogP contribution in [-0.4, -0.2) is 31.6 Å². The number of carbonyl (C=O) groups excluding carboxylic acids is 3. The molecule has 1 amide bonds. The summed E-state index contributed by atoms with van der Waals surface area (Å²) in [7, 11) is 0. The number of nitrogens with two attached hydrogens (primary N) is 1. The van der Waals surface area contributed by atoms with Gasteiger partial charge in [-0.05, 0) is 12.1 Å². The molecule has 5 nitrogen and oxygen atoms in total. The van der Waals surface area contributed by atoms with E-state index in [1.807, 2.05) is 4.90 Å². The minimum atomic E-state index is -0.521. The van der Waals surface area contributed by atoms with Gasteiger partial charge in [0.2, 0.25) is 0 Å². The third-order valence-corrected chi connectivity index (χ3v) is 2.54. The van der Waals surface area contributed by atoms with E-state index < -0.39 is 5.91 Å². The van der Waals surface area contributed by atoms with Crippen molar-refractivity contribution in [2.75, 3.05) is 18.0 Å². The normalized spacial score (nSPS) is 9.78. The largest absolute Gasteiger partial charge is 0.370 e. The molecule has 0 saturated carbocycles. The van der Waals surface area contributed by atoms with Gasteiger partial charge in [-0.1, -0.05) is 12.1 Å². The molecule has 0 heterocycles. The van der Waals surface area contributed by atoms with Gasteiger partial charge in [0.25, 0.3) is 5.91 Å². The Morgan fingerprint density at radius 2 is 1.67 bits per heavy atom. The highest BCUT2D eigenvalue weighted by Crippen LogP contribution is 2.20. The van der Waals surface area contributed by atoms with Crippen LogP contribution in [0.15, 0.2) is 24.3 Å². The summed E-state index contributed by atoms with van der Waals surface area (Å²) in [6, 6.07) is 6.90. The number of primary amides is 1. The summed E-state index contributed by atoms with van der Waals surface area (Å²) in [4.78, 5) is 34.0. The first-order chi connectivity index (χ1) is 8.70. The molecular weight excluding hydrogens is 232 g/mol. The number of hydrogen-bond donors (Lipinski definition) is 1. The number of carbonyl (C=O) groups is 3. The molecule has 2 N–H and O–H groups in total. The van der Waals surface area contributed by atoms with E-state index in [9.17, 15) is 14.4 Å². The molecule has 1 aromatic rings. The molecule has 1 rings (SSSR count). The standard InChI is InChI=1S/C13H16N2O3/c14-13(18)11-5-1-2-6-12(11)15(7-3-9-16)8-4-10-17/h1-2,5-6,9-10H,3-4,7-8H2,(H2,14,18). The molecule has 0 radical (unpaired) electrons. The zero-order valence-corrected chi connectivity index (χ0v) is 10.0. The van der Waals surface area contributed by atoms with E-state index in [0.29, 0.717) is 37.2 Å². The Hall–Kier alpha value is -2.17. The Labute approximate surface area is 106 Å². The Kier molecular flexibility index (Phi) is 5.57. The van der Waals surface area contributed by atoms with Crippen molar-refractivity contribution in [3.8, 4) is 0 Å². The molecule has 0 aliphatic carbocycles. The van der Waals surface area contributed by atoms with Gasteiger partial charge in [-0.2, -0.15) is 0 Å². The third kappa shape index (κ3) is 3.69. The minimum Gasteiger partial charge on any atom is -0.370 e. The number of benzene rings is 1. The molecule has 18 heavy (non-hydrogen) atoms. The van der Waals surface area contributed by atoms with Gasteiger partial charge in [0.1, 0.15) is 12.6 Å². The van der Waals surface area contributed by atoms with Crippen LogP contribution in [0.3, 0.4) is 0 Å². The van der Waals surface area contributed by atoms with E-state index in [2.05, 4.69) is 0 Å². The molecule has 1 aromatic carbocycles. The van der Waals surface area contributed by atoms with Crippen LogP contribution in [0, 0.1) is 0 Å². The summed E-state index contributed by atoms with van der Waals surface area (Å²) in [6.45, 7) is 0.920. The topological polar surface area (TPSA) is 80.5 Å². The number of amides is 1. The molecular formula is C13H16N2O3.